The maximum absolute atomic E-state index is 12.4. The Morgan fingerprint density at radius 2 is 1.93 bits per heavy atom. The molecular weight excluding hydrogens is 384 g/mol. The molecule has 1 atom stereocenters. The number of rotatable bonds is 7. The van der Waals surface area contributed by atoms with E-state index in [1.165, 1.54) is 17.9 Å². The molecule has 0 bridgehead atoms. The summed E-state index contributed by atoms with van der Waals surface area (Å²) in [5, 5.41) is 2.40. The largest absolute Gasteiger partial charge is 0.451 e. The van der Waals surface area contributed by atoms with E-state index in [0.717, 1.165) is 0 Å². The summed E-state index contributed by atoms with van der Waals surface area (Å²) in [5.74, 6) is -1.79. The lowest BCUT2D eigenvalue weighted by Gasteiger charge is -2.26. The molecule has 1 N–H and O–H groups in total. The summed E-state index contributed by atoms with van der Waals surface area (Å²) in [6.07, 6.45) is 1.83. The van der Waals surface area contributed by atoms with Crippen LogP contribution >= 0.6 is 0 Å². The Morgan fingerprint density at radius 3 is 2.46 bits per heavy atom. The zero-order chi connectivity index (χ0) is 20.7. The molecule has 2 rings (SSSR count). The predicted octanol–water partition coefficient (Wildman–Crippen LogP) is 0.742. The first-order valence-electron chi connectivity index (χ1n) is 8.93. The lowest BCUT2D eigenvalue weighted by atomic mass is 10.2. The molecular formula is C19H24N2O6S. The van der Waals surface area contributed by atoms with Gasteiger partial charge in [-0.2, -0.15) is 0 Å². The van der Waals surface area contributed by atoms with Gasteiger partial charge < -0.3 is 15.0 Å². The Hall–Kier alpha value is -2.68. The van der Waals surface area contributed by atoms with Crippen LogP contribution in [0.2, 0.25) is 0 Å². The van der Waals surface area contributed by atoms with E-state index in [9.17, 15) is 22.8 Å². The third-order valence-electron chi connectivity index (χ3n) is 4.28. The first kappa shape index (κ1) is 21.6. The lowest BCUT2D eigenvalue weighted by molar-refractivity contribution is -0.150. The van der Waals surface area contributed by atoms with Gasteiger partial charge in [0.05, 0.1) is 11.5 Å². The second-order valence-electron chi connectivity index (χ2n) is 6.46. The fourth-order valence-electron chi connectivity index (χ4n) is 3.00. The number of nitrogens with zero attached hydrogens (tertiary/aromatic N) is 1. The minimum Gasteiger partial charge on any atom is -0.451 e. The summed E-state index contributed by atoms with van der Waals surface area (Å²) >= 11 is 0. The number of carbonyl (C=O) groups excluding carboxylic acids is 3. The van der Waals surface area contributed by atoms with Gasteiger partial charge >= 0.3 is 5.97 Å². The predicted molar refractivity (Wildman–Crippen MR) is 104 cm³/mol. The number of ether oxygens (including phenoxy) is 1. The number of nitrogens with one attached hydrogen (secondary N) is 1. The van der Waals surface area contributed by atoms with Gasteiger partial charge in [-0.3, -0.25) is 9.59 Å². The molecule has 0 unspecified atom stereocenters. The van der Waals surface area contributed by atoms with Crippen LogP contribution in [-0.2, 0) is 29.0 Å². The molecule has 8 nitrogen and oxygen atoms in total. The summed E-state index contributed by atoms with van der Waals surface area (Å²) in [4.78, 5) is 37.6. The van der Waals surface area contributed by atoms with Gasteiger partial charge in [-0.25, -0.2) is 13.2 Å². The zero-order valence-electron chi connectivity index (χ0n) is 15.9. The molecule has 28 heavy (non-hydrogen) atoms. The highest BCUT2D eigenvalue weighted by molar-refractivity contribution is 7.91. The molecule has 0 aliphatic carbocycles. The normalized spacial score (nSPS) is 18.4. The molecule has 2 amide bonds. The SMILES string of the molecule is CCN(C(=O)COC(=O)/C(=C/c1ccccc1)NC(C)=O)[C@H]1CCS(=O)(=O)C1. The van der Waals surface area contributed by atoms with Gasteiger partial charge in [-0.05, 0) is 25.0 Å². The van der Waals surface area contributed by atoms with Crippen LogP contribution in [0, 0.1) is 0 Å². The van der Waals surface area contributed by atoms with E-state index in [2.05, 4.69) is 5.32 Å². The van der Waals surface area contributed by atoms with E-state index in [4.69, 9.17) is 4.74 Å². The fourth-order valence-corrected chi connectivity index (χ4v) is 4.73. The standard InChI is InChI=1S/C19H24N2O6S/c1-3-21(16-9-10-28(25,26)13-16)18(23)12-27-19(24)17(20-14(2)22)11-15-7-5-4-6-8-15/h4-8,11,16H,3,9-10,12-13H2,1-2H3,(H,20,22)/b17-11-/t16-/m0/s1. The molecule has 1 aliphatic heterocycles. The number of amides is 2. The molecule has 1 aliphatic rings. The number of benzene rings is 1. The Balaban J connectivity index is 2.03. The fraction of sp³-hybridized carbons (Fsp3) is 0.421. The highest BCUT2D eigenvalue weighted by Crippen LogP contribution is 2.18. The van der Waals surface area contributed by atoms with Crippen LogP contribution < -0.4 is 5.32 Å². The van der Waals surface area contributed by atoms with Crippen molar-refractivity contribution in [2.45, 2.75) is 26.3 Å². The van der Waals surface area contributed by atoms with Crippen LogP contribution in [0.5, 0.6) is 0 Å². The first-order valence-corrected chi connectivity index (χ1v) is 10.8. The second-order valence-corrected chi connectivity index (χ2v) is 8.69. The van der Waals surface area contributed by atoms with E-state index in [1.54, 1.807) is 31.2 Å². The lowest BCUT2D eigenvalue weighted by Crippen LogP contribution is -2.43. The maximum Gasteiger partial charge on any atom is 0.355 e. The molecule has 0 saturated carbocycles. The molecule has 1 aromatic rings. The summed E-state index contributed by atoms with van der Waals surface area (Å²) in [7, 11) is -3.14. The Kier molecular flexibility index (Phi) is 7.33. The van der Waals surface area contributed by atoms with Crippen molar-refractivity contribution in [3.63, 3.8) is 0 Å². The van der Waals surface area contributed by atoms with Crippen LogP contribution in [0.3, 0.4) is 0 Å². The number of likely N-dealkylation sites (N-methyl/N-ethyl adjacent to an activating group) is 1. The third-order valence-corrected chi connectivity index (χ3v) is 6.03. The molecule has 1 heterocycles. The van der Waals surface area contributed by atoms with Gasteiger partial charge in [-0.1, -0.05) is 30.3 Å². The Labute approximate surface area is 164 Å². The molecule has 152 valence electrons. The van der Waals surface area contributed by atoms with E-state index < -0.39 is 40.3 Å². The minimum absolute atomic E-state index is 0.0493. The smallest absolute Gasteiger partial charge is 0.355 e. The van der Waals surface area contributed by atoms with Gasteiger partial charge in [-0.15, -0.1) is 0 Å². The van der Waals surface area contributed by atoms with Crippen molar-refractivity contribution >= 4 is 33.7 Å². The van der Waals surface area contributed by atoms with Crippen molar-refractivity contribution in [2.75, 3.05) is 24.7 Å². The molecule has 1 saturated heterocycles. The van der Waals surface area contributed by atoms with E-state index in [0.29, 0.717) is 18.5 Å². The van der Waals surface area contributed by atoms with E-state index in [1.807, 2.05) is 6.07 Å². The van der Waals surface area contributed by atoms with Crippen molar-refractivity contribution in [3.05, 3.63) is 41.6 Å². The quantitative estimate of drug-likeness (QED) is 0.526. The van der Waals surface area contributed by atoms with Crippen molar-refractivity contribution in [3.8, 4) is 0 Å². The number of carbonyl (C=O) groups is 3. The minimum atomic E-state index is -3.14. The van der Waals surface area contributed by atoms with Crippen LogP contribution in [0.1, 0.15) is 25.8 Å². The molecule has 9 heteroatoms. The number of hydrogen-bond acceptors (Lipinski definition) is 6. The monoisotopic (exact) mass is 408 g/mol. The molecule has 1 fully saturated rings. The van der Waals surface area contributed by atoms with Crippen LogP contribution in [0.15, 0.2) is 36.0 Å². The summed E-state index contributed by atoms with van der Waals surface area (Å²) in [5.41, 5.74) is 0.596. The number of esters is 1. The number of hydrogen-bond donors (Lipinski definition) is 1. The van der Waals surface area contributed by atoms with E-state index >= 15 is 0 Å². The first-order chi connectivity index (χ1) is 13.2. The second kappa shape index (κ2) is 9.50. The molecule has 0 spiro atoms. The van der Waals surface area contributed by atoms with Gasteiger partial charge in [0.1, 0.15) is 5.70 Å². The molecule has 0 aromatic heterocycles. The molecule has 0 radical (unpaired) electrons. The van der Waals surface area contributed by atoms with Crippen molar-refractivity contribution in [1.29, 1.82) is 0 Å². The van der Waals surface area contributed by atoms with E-state index in [-0.39, 0.29) is 17.2 Å². The topological polar surface area (TPSA) is 110 Å². The average molecular weight is 408 g/mol. The Morgan fingerprint density at radius 1 is 1.25 bits per heavy atom. The maximum atomic E-state index is 12.4. The Bertz CT molecular complexity index is 864. The highest BCUT2D eigenvalue weighted by atomic mass is 32.2. The van der Waals surface area contributed by atoms with Gasteiger partial charge in [0, 0.05) is 19.5 Å². The van der Waals surface area contributed by atoms with Gasteiger partial charge in [0.2, 0.25) is 5.91 Å². The average Bonchev–Trinajstić information content (AvgIpc) is 2.99. The van der Waals surface area contributed by atoms with Crippen molar-refractivity contribution in [2.24, 2.45) is 0 Å². The van der Waals surface area contributed by atoms with Gasteiger partial charge in [0.15, 0.2) is 16.4 Å². The third kappa shape index (κ3) is 6.19. The van der Waals surface area contributed by atoms with Crippen LogP contribution in [-0.4, -0.2) is 61.8 Å². The van der Waals surface area contributed by atoms with Gasteiger partial charge in [0.25, 0.3) is 5.91 Å². The zero-order valence-corrected chi connectivity index (χ0v) is 16.7. The summed E-state index contributed by atoms with van der Waals surface area (Å²) < 4.78 is 28.4. The van der Waals surface area contributed by atoms with Crippen molar-refractivity contribution in [1.82, 2.24) is 10.2 Å². The summed E-state index contributed by atoms with van der Waals surface area (Å²) in [6.45, 7) is 2.78. The van der Waals surface area contributed by atoms with Crippen LogP contribution in [0.25, 0.3) is 6.08 Å². The van der Waals surface area contributed by atoms with Crippen molar-refractivity contribution < 1.29 is 27.5 Å². The van der Waals surface area contributed by atoms with Crippen LogP contribution in [0.4, 0.5) is 0 Å². The highest BCUT2D eigenvalue weighted by Gasteiger charge is 2.34. The molecule has 1 aromatic carbocycles. The summed E-state index contributed by atoms with van der Waals surface area (Å²) in [6, 6.07) is 8.46. The number of sulfone groups is 1.